The highest BCUT2D eigenvalue weighted by Gasteiger charge is 2.64. The topological polar surface area (TPSA) is 156 Å². The Hall–Kier alpha value is -3.65. The lowest BCUT2D eigenvalue weighted by Gasteiger charge is -2.42. The van der Waals surface area contributed by atoms with E-state index in [1.165, 1.54) is 44.9 Å². The number of hydrogen-bond donors (Lipinski definition) is 2. The van der Waals surface area contributed by atoms with Gasteiger partial charge in [-0.15, -0.1) is 0 Å². The van der Waals surface area contributed by atoms with Crippen molar-refractivity contribution in [2.45, 2.75) is 95.7 Å². The first kappa shape index (κ1) is 37.2. The SMILES string of the molecule is COc1cc2cc(c1Cl)N(C)C(=O)CC(OC(=O)[C@H](C)N(C)C(C)=O)[C@]1(C)O[C@H]1[C@H](C)[C@@H]1C[C@@](O)(NC(=O)O1)[C@H](OC)/C=C\C=C(\C)C2. The first-order valence-corrected chi connectivity index (χ1v) is 16.2. The Bertz CT molecular complexity index is 1500. The van der Waals surface area contributed by atoms with E-state index in [-0.39, 0.29) is 23.8 Å². The lowest BCUT2D eigenvalue weighted by molar-refractivity contribution is -0.161. The van der Waals surface area contributed by atoms with Crippen molar-refractivity contribution in [3.63, 3.8) is 0 Å². The number of allylic oxidation sites excluding steroid dienone is 3. The van der Waals surface area contributed by atoms with Gasteiger partial charge in [0.2, 0.25) is 11.8 Å². The second-order valence-electron chi connectivity index (χ2n) is 13.0. The Balaban J connectivity index is 1.80. The molecule has 2 fully saturated rings. The molecule has 8 atom stereocenters. The van der Waals surface area contributed by atoms with Crippen LogP contribution >= 0.6 is 11.6 Å². The summed E-state index contributed by atoms with van der Waals surface area (Å²) < 4.78 is 28.9. The van der Waals surface area contributed by atoms with E-state index in [1.807, 2.05) is 13.0 Å². The number of likely N-dealkylation sites (N-methyl/N-ethyl adjacent to an activating group) is 1. The van der Waals surface area contributed by atoms with Crippen molar-refractivity contribution in [2.24, 2.45) is 5.92 Å². The number of amides is 3. The van der Waals surface area contributed by atoms with Gasteiger partial charge in [0.15, 0.2) is 5.72 Å². The van der Waals surface area contributed by atoms with E-state index >= 15 is 0 Å². The van der Waals surface area contributed by atoms with Crippen LogP contribution in [0.2, 0.25) is 5.02 Å². The lowest BCUT2D eigenvalue weighted by Crippen LogP contribution is -2.63. The first-order chi connectivity index (χ1) is 22.4. The molecule has 1 aromatic carbocycles. The van der Waals surface area contributed by atoms with Gasteiger partial charge in [-0.1, -0.05) is 42.3 Å². The van der Waals surface area contributed by atoms with Gasteiger partial charge in [0, 0.05) is 40.5 Å². The summed E-state index contributed by atoms with van der Waals surface area (Å²) in [4.78, 5) is 54.7. The molecule has 13 nitrogen and oxygen atoms in total. The number of carbonyl (C=O) groups is 4. The molecule has 48 heavy (non-hydrogen) atoms. The number of carbonyl (C=O) groups excluding carboxylic acids is 4. The molecule has 4 bridgehead atoms. The minimum Gasteiger partial charge on any atom is -0.495 e. The number of fused-ring (bicyclic) bond motifs is 5. The summed E-state index contributed by atoms with van der Waals surface area (Å²) in [5.41, 5.74) is -0.871. The Labute approximate surface area is 286 Å². The number of benzene rings is 1. The summed E-state index contributed by atoms with van der Waals surface area (Å²) in [5.74, 6) is -1.63. The Kier molecular flexibility index (Phi) is 11.2. The molecule has 2 saturated heterocycles. The molecule has 0 aromatic heterocycles. The molecule has 3 aliphatic rings. The maximum absolute atomic E-state index is 14.0. The van der Waals surface area contributed by atoms with Gasteiger partial charge in [-0.05, 0) is 44.9 Å². The number of rotatable bonds is 5. The van der Waals surface area contributed by atoms with E-state index in [1.54, 1.807) is 45.2 Å². The largest absolute Gasteiger partial charge is 0.495 e. The minimum atomic E-state index is -1.81. The highest BCUT2D eigenvalue weighted by molar-refractivity contribution is 6.35. The molecule has 1 aromatic rings. The molecule has 4 rings (SSSR count). The zero-order valence-corrected chi connectivity index (χ0v) is 29.6. The fourth-order valence-corrected chi connectivity index (χ4v) is 6.59. The monoisotopic (exact) mass is 691 g/mol. The lowest BCUT2D eigenvalue weighted by atomic mass is 9.83. The Morgan fingerprint density at radius 3 is 2.56 bits per heavy atom. The number of methoxy groups -OCH3 is 2. The maximum atomic E-state index is 14.0. The number of alkyl carbamates (subject to hydrolysis) is 1. The van der Waals surface area contributed by atoms with Crippen LogP contribution in [0.4, 0.5) is 10.5 Å². The van der Waals surface area contributed by atoms with Gasteiger partial charge < -0.3 is 38.6 Å². The number of epoxide rings is 1. The van der Waals surface area contributed by atoms with Crippen molar-refractivity contribution in [1.29, 1.82) is 0 Å². The van der Waals surface area contributed by atoms with Gasteiger partial charge in [0.1, 0.15) is 40.7 Å². The second-order valence-corrected chi connectivity index (χ2v) is 13.4. The van der Waals surface area contributed by atoms with Crippen LogP contribution in [0.3, 0.4) is 0 Å². The average molecular weight is 692 g/mol. The third-order valence-corrected chi connectivity index (χ3v) is 10.0. The average Bonchev–Trinajstić information content (AvgIpc) is 3.73. The molecule has 0 radical (unpaired) electrons. The number of halogens is 1. The van der Waals surface area contributed by atoms with E-state index in [0.717, 1.165) is 11.1 Å². The molecule has 0 spiro atoms. The molecule has 3 heterocycles. The smallest absolute Gasteiger partial charge is 0.409 e. The van der Waals surface area contributed by atoms with E-state index < -0.39 is 65.7 Å². The number of ether oxygens (including phenoxy) is 5. The van der Waals surface area contributed by atoms with Crippen LogP contribution in [-0.2, 0) is 39.8 Å². The van der Waals surface area contributed by atoms with Crippen molar-refractivity contribution >= 4 is 41.2 Å². The molecule has 3 aliphatic heterocycles. The summed E-state index contributed by atoms with van der Waals surface area (Å²) in [6, 6.07) is 2.63. The van der Waals surface area contributed by atoms with Crippen LogP contribution in [0, 0.1) is 5.92 Å². The Morgan fingerprint density at radius 2 is 1.94 bits per heavy atom. The molecule has 0 aliphatic carbocycles. The van der Waals surface area contributed by atoms with Crippen LogP contribution in [-0.4, -0.2) is 104 Å². The second kappa shape index (κ2) is 14.5. The van der Waals surface area contributed by atoms with E-state index in [9.17, 15) is 24.3 Å². The fourth-order valence-electron chi connectivity index (χ4n) is 6.27. The van der Waals surface area contributed by atoms with Crippen molar-refractivity contribution in [1.82, 2.24) is 10.2 Å². The first-order valence-electron chi connectivity index (χ1n) is 15.8. The van der Waals surface area contributed by atoms with Crippen molar-refractivity contribution in [3.8, 4) is 5.75 Å². The number of nitrogens with zero attached hydrogens (tertiary/aromatic N) is 2. The van der Waals surface area contributed by atoms with Crippen LogP contribution in [0.5, 0.6) is 5.75 Å². The van der Waals surface area contributed by atoms with Gasteiger partial charge in [0.05, 0.1) is 25.3 Å². The van der Waals surface area contributed by atoms with E-state index in [0.29, 0.717) is 17.9 Å². The quantitative estimate of drug-likeness (QED) is 0.346. The number of aliphatic hydroxyl groups is 1. The summed E-state index contributed by atoms with van der Waals surface area (Å²) >= 11 is 6.71. The summed E-state index contributed by atoms with van der Waals surface area (Å²) in [5, 5.41) is 14.4. The van der Waals surface area contributed by atoms with Crippen molar-refractivity contribution in [3.05, 3.63) is 46.5 Å². The van der Waals surface area contributed by atoms with Gasteiger partial charge in [0.25, 0.3) is 0 Å². The van der Waals surface area contributed by atoms with Crippen LogP contribution in [0.25, 0.3) is 0 Å². The number of anilines is 1. The predicted octanol–water partition coefficient (Wildman–Crippen LogP) is 3.53. The van der Waals surface area contributed by atoms with Crippen LogP contribution in [0.15, 0.2) is 35.9 Å². The summed E-state index contributed by atoms with van der Waals surface area (Å²) in [6.45, 7) is 8.29. The van der Waals surface area contributed by atoms with E-state index in [4.69, 9.17) is 35.3 Å². The molecule has 264 valence electrons. The summed E-state index contributed by atoms with van der Waals surface area (Å²) in [6.07, 6.45) is 1.02. The highest BCUT2D eigenvalue weighted by atomic mass is 35.5. The van der Waals surface area contributed by atoms with Crippen molar-refractivity contribution < 1.29 is 48.0 Å². The van der Waals surface area contributed by atoms with Gasteiger partial charge in [-0.25, -0.2) is 9.59 Å². The molecular formula is C34H46ClN3O10. The van der Waals surface area contributed by atoms with Gasteiger partial charge in [-0.2, -0.15) is 0 Å². The third kappa shape index (κ3) is 7.64. The number of hydrogen-bond acceptors (Lipinski definition) is 10. The normalized spacial score (nSPS) is 33.2. The standard InChI is InChI=1S/C34H46ClN3O10/c1-18-11-10-12-26(45-9)34(43)17-25(46-32(42)36-34)19(2)30-33(5,48-30)27(47-31(41)20(3)37(6)21(4)39)16-28(40)38(7)23-14-22(13-18)15-24(44-8)29(23)35/h10-12,14-15,19-20,25-27,30,43H,13,16-17H2,1-9H3,(H,36,42)/b12-10-,18-11-/t19-,20+,25+,26-,27?,30+,33+,34+/m1/s1. The third-order valence-electron chi connectivity index (χ3n) is 9.63. The van der Waals surface area contributed by atoms with E-state index in [2.05, 4.69) is 5.32 Å². The van der Waals surface area contributed by atoms with Gasteiger partial charge >= 0.3 is 12.1 Å². The fraction of sp³-hybridized carbons (Fsp3) is 0.588. The number of nitrogens with one attached hydrogen (secondary N) is 1. The zero-order chi connectivity index (χ0) is 35.7. The predicted molar refractivity (Wildman–Crippen MR) is 177 cm³/mol. The Morgan fingerprint density at radius 1 is 1.25 bits per heavy atom. The van der Waals surface area contributed by atoms with Crippen LogP contribution < -0.4 is 15.0 Å². The van der Waals surface area contributed by atoms with Crippen LogP contribution in [0.1, 0.15) is 53.0 Å². The summed E-state index contributed by atoms with van der Waals surface area (Å²) in [7, 11) is 5.97. The van der Waals surface area contributed by atoms with Crippen molar-refractivity contribution in [2.75, 3.05) is 33.2 Å². The highest BCUT2D eigenvalue weighted by Crippen LogP contribution is 2.49. The van der Waals surface area contributed by atoms with Gasteiger partial charge in [-0.3, -0.25) is 14.9 Å². The molecular weight excluding hydrogens is 646 g/mol. The molecule has 0 saturated carbocycles. The molecule has 2 N–H and O–H groups in total. The molecule has 3 amide bonds. The minimum absolute atomic E-state index is 0.0436. The zero-order valence-electron chi connectivity index (χ0n) is 28.9. The molecule has 1 unspecified atom stereocenters. The molecule has 14 heteroatoms. The number of esters is 1. The maximum Gasteiger partial charge on any atom is 0.409 e.